The summed E-state index contributed by atoms with van der Waals surface area (Å²) in [6, 6.07) is 12.1. The van der Waals surface area contributed by atoms with E-state index in [1.54, 1.807) is 24.3 Å². The van der Waals surface area contributed by atoms with Crippen LogP contribution in [0, 0.1) is 27.4 Å². The standard InChI is InChI=1S/C24H21N5O5/c1-24(13-14-5-8-17(24)11-14)22(31)25-18-4-2-3-16(12-18)20(30)26-23-28-27-21(34-23)15-6-9-19(10-7-15)29(32)33/h2-10,12,14,17H,11,13H2,1H3,(H,25,31)(H,26,28,30)/t14-,17-,24-/m0/s1. The van der Waals surface area contributed by atoms with Gasteiger partial charge in [-0.1, -0.05) is 30.2 Å². The first-order chi connectivity index (χ1) is 16.3. The fourth-order valence-electron chi connectivity index (χ4n) is 4.65. The van der Waals surface area contributed by atoms with Gasteiger partial charge in [0.15, 0.2) is 0 Å². The Balaban J connectivity index is 1.25. The van der Waals surface area contributed by atoms with E-state index >= 15 is 0 Å². The molecule has 2 N–H and O–H groups in total. The van der Waals surface area contributed by atoms with Crippen LogP contribution in [0.25, 0.3) is 11.5 Å². The molecule has 1 aromatic heterocycles. The van der Waals surface area contributed by atoms with Crippen molar-refractivity contribution in [2.24, 2.45) is 17.3 Å². The number of hydrogen-bond donors (Lipinski definition) is 2. The zero-order chi connectivity index (χ0) is 23.9. The lowest BCUT2D eigenvalue weighted by molar-refractivity contribution is -0.384. The smallest absolute Gasteiger partial charge is 0.322 e. The van der Waals surface area contributed by atoms with Crippen molar-refractivity contribution in [3.8, 4) is 11.5 Å². The molecule has 3 aromatic rings. The third-order valence-corrected chi connectivity index (χ3v) is 6.55. The van der Waals surface area contributed by atoms with Crippen molar-refractivity contribution in [1.82, 2.24) is 10.2 Å². The summed E-state index contributed by atoms with van der Waals surface area (Å²) in [6.07, 6.45) is 6.16. The normalized spacial score (nSPS) is 22.5. The first-order valence-corrected chi connectivity index (χ1v) is 10.8. The van der Waals surface area contributed by atoms with Crippen LogP contribution in [0.15, 0.2) is 65.1 Å². The summed E-state index contributed by atoms with van der Waals surface area (Å²) in [7, 11) is 0. The van der Waals surface area contributed by atoms with Crippen LogP contribution in [0.2, 0.25) is 0 Å². The van der Waals surface area contributed by atoms with E-state index in [1.165, 1.54) is 24.3 Å². The third kappa shape index (κ3) is 3.94. The van der Waals surface area contributed by atoms with E-state index in [-0.39, 0.29) is 29.4 Å². The molecule has 0 aliphatic heterocycles. The second-order valence-electron chi connectivity index (χ2n) is 8.81. The number of carbonyl (C=O) groups excluding carboxylic acids is 2. The Morgan fingerprint density at radius 2 is 1.91 bits per heavy atom. The Hall–Kier alpha value is -4.34. The number of benzene rings is 2. The van der Waals surface area contributed by atoms with Crippen LogP contribution >= 0.6 is 0 Å². The maximum atomic E-state index is 13.0. The average molecular weight is 459 g/mol. The molecule has 0 radical (unpaired) electrons. The van der Waals surface area contributed by atoms with Gasteiger partial charge in [-0.25, -0.2) is 0 Å². The number of nitro groups is 1. The molecule has 2 bridgehead atoms. The van der Waals surface area contributed by atoms with Crippen LogP contribution in [0.4, 0.5) is 17.4 Å². The maximum absolute atomic E-state index is 13.0. The number of aromatic nitrogens is 2. The zero-order valence-electron chi connectivity index (χ0n) is 18.2. The van der Waals surface area contributed by atoms with Crippen molar-refractivity contribution in [2.75, 3.05) is 10.6 Å². The van der Waals surface area contributed by atoms with Gasteiger partial charge in [-0.3, -0.25) is 25.0 Å². The molecular weight excluding hydrogens is 438 g/mol. The minimum atomic E-state index is -0.505. The second kappa shape index (κ2) is 8.22. The van der Waals surface area contributed by atoms with Crippen LogP contribution in [-0.4, -0.2) is 26.9 Å². The van der Waals surface area contributed by atoms with Crippen molar-refractivity contribution in [1.29, 1.82) is 0 Å². The number of rotatable bonds is 6. The van der Waals surface area contributed by atoms with Gasteiger partial charge in [0.05, 0.1) is 10.3 Å². The molecule has 0 spiro atoms. The van der Waals surface area contributed by atoms with Gasteiger partial charge < -0.3 is 9.73 Å². The van der Waals surface area contributed by atoms with Crippen LogP contribution in [0.1, 0.15) is 30.1 Å². The highest BCUT2D eigenvalue weighted by atomic mass is 16.6. The van der Waals surface area contributed by atoms with Gasteiger partial charge in [-0.2, -0.15) is 0 Å². The first kappa shape index (κ1) is 21.5. The number of anilines is 2. The van der Waals surface area contributed by atoms with Crippen LogP contribution < -0.4 is 10.6 Å². The molecule has 0 saturated heterocycles. The zero-order valence-corrected chi connectivity index (χ0v) is 18.2. The topological polar surface area (TPSA) is 140 Å². The number of nitrogens with one attached hydrogen (secondary N) is 2. The van der Waals surface area contributed by atoms with Crippen molar-refractivity contribution >= 4 is 29.2 Å². The molecular formula is C24H21N5O5. The van der Waals surface area contributed by atoms with Gasteiger partial charge in [-0.15, -0.1) is 5.10 Å². The van der Waals surface area contributed by atoms with E-state index in [1.807, 2.05) is 6.92 Å². The van der Waals surface area contributed by atoms with Gasteiger partial charge in [0, 0.05) is 28.9 Å². The maximum Gasteiger partial charge on any atom is 0.322 e. The highest BCUT2D eigenvalue weighted by Crippen LogP contribution is 2.52. The predicted molar refractivity (Wildman–Crippen MR) is 123 cm³/mol. The SMILES string of the molecule is C[C@]1(C(=O)Nc2cccc(C(=O)Nc3nnc(-c4ccc([N+](=O)[O-])cc4)o3)c2)C[C@H]2C=C[C@H]1C2. The van der Waals surface area contributed by atoms with Crippen molar-refractivity contribution in [3.63, 3.8) is 0 Å². The fourth-order valence-corrected chi connectivity index (χ4v) is 4.65. The van der Waals surface area contributed by atoms with Crippen LogP contribution in [-0.2, 0) is 4.79 Å². The Morgan fingerprint density at radius 3 is 2.59 bits per heavy atom. The van der Waals surface area contributed by atoms with Crippen molar-refractivity contribution < 1.29 is 18.9 Å². The van der Waals surface area contributed by atoms with Crippen LogP contribution in [0.5, 0.6) is 0 Å². The molecule has 1 saturated carbocycles. The molecule has 2 aliphatic carbocycles. The number of nitro benzene ring substituents is 1. The summed E-state index contributed by atoms with van der Waals surface area (Å²) >= 11 is 0. The average Bonchev–Trinajstić information content (AvgIpc) is 3.56. The number of allylic oxidation sites excluding steroid dienone is 2. The highest BCUT2D eigenvalue weighted by Gasteiger charge is 2.49. The van der Waals surface area contributed by atoms with E-state index < -0.39 is 16.2 Å². The molecule has 1 fully saturated rings. The number of carbonyl (C=O) groups is 2. The molecule has 34 heavy (non-hydrogen) atoms. The fraction of sp³-hybridized carbons (Fsp3) is 0.250. The molecule has 2 aliphatic rings. The molecule has 10 heteroatoms. The lowest BCUT2D eigenvalue weighted by Gasteiger charge is -2.29. The van der Waals surface area contributed by atoms with Gasteiger partial charge in [0.25, 0.3) is 11.6 Å². The molecule has 3 atom stereocenters. The monoisotopic (exact) mass is 459 g/mol. The molecule has 172 valence electrons. The second-order valence-corrected chi connectivity index (χ2v) is 8.81. The minimum absolute atomic E-state index is 0.0495. The van der Waals surface area contributed by atoms with Gasteiger partial charge >= 0.3 is 6.01 Å². The van der Waals surface area contributed by atoms with Crippen molar-refractivity contribution in [2.45, 2.75) is 19.8 Å². The molecule has 2 amide bonds. The number of amides is 2. The molecule has 1 heterocycles. The summed E-state index contributed by atoms with van der Waals surface area (Å²) in [5, 5.41) is 24.0. The van der Waals surface area contributed by atoms with E-state index in [9.17, 15) is 19.7 Å². The number of fused-ring (bicyclic) bond motifs is 2. The molecule has 2 aromatic carbocycles. The summed E-state index contributed by atoms with van der Waals surface area (Å²) in [5.41, 5.74) is 0.811. The lowest BCUT2D eigenvalue weighted by Crippen LogP contribution is -2.36. The lowest BCUT2D eigenvalue weighted by atomic mass is 9.77. The number of nitrogens with zero attached hydrogens (tertiary/aromatic N) is 3. The Bertz CT molecular complexity index is 1320. The quantitative estimate of drug-likeness (QED) is 0.315. The number of hydrogen-bond acceptors (Lipinski definition) is 7. The van der Waals surface area contributed by atoms with E-state index in [2.05, 4.69) is 33.0 Å². The van der Waals surface area contributed by atoms with E-state index in [0.717, 1.165) is 12.8 Å². The summed E-state index contributed by atoms with van der Waals surface area (Å²) < 4.78 is 5.47. The van der Waals surface area contributed by atoms with E-state index in [4.69, 9.17) is 4.42 Å². The Morgan fingerprint density at radius 1 is 1.12 bits per heavy atom. The third-order valence-electron chi connectivity index (χ3n) is 6.55. The Labute approximate surface area is 194 Å². The van der Waals surface area contributed by atoms with Crippen LogP contribution in [0.3, 0.4) is 0 Å². The number of non-ortho nitro benzene ring substituents is 1. The van der Waals surface area contributed by atoms with E-state index in [0.29, 0.717) is 22.7 Å². The van der Waals surface area contributed by atoms with Gasteiger partial charge in [-0.05, 0) is 55.0 Å². The molecule has 10 nitrogen and oxygen atoms in total. The Kier molecular flexibility index (Phi) is 5.20. The summed E-state index contributed by atoms with van der Waals surface area (Å²) in [6.45, 7) is 1.99. The van der Waals surface area contributed by atoms with Gasteiger partial charge in [0.1, 0.15) is 0 Å². The highest BCUT2D eigenvalue weighted by molar-refractivity contribution is 6.04. The summed E-state index contributed by atoms with van der Waals surface area (Å²) in [4.78, 5) is 36.0. The summed E-state index contributed by atoms with van der Waals surface area (Å²) in [5.74, 6) is 0.282. The largest absolute Gasteiger partial charge is 0.403 e. The molecule has 5 rings (SSSR count). The minimum Gasteiger partial charge on any atom is -0.403 e. The first-order valence-electron chi connectivity index (χ1n) is 10.8. The predicted octanol–water partition coefficient (Wildman–Crippen LogP) is 4.44. The molecule has 0 unspecified atom stereocenters. The van der Waals surface area contributed by atoms with Crippen molar-refractivity contribution in [3.05, 3.63) is 76.4 Å². The van der Waals surface area contributed by atoms with Gasteiger partial charge in [0.2, 0.25) is 11.8 Å².